The molecule has 0 heterocycles. The highest BCUT2D eigenvalue weighted by atomic mass is 15.4. The summed E-state index contributed by atoms with van der Waals surface area (Å²) in [5.74, 6) is 0. The highest BCUT2D eigenvalue weighted by Gasteiger charge is 2.23. The smallest absolute Gasteiger partial charge is 0.0383 e. The number of allylic oxidation sites excluding steroid dienone is 10. The molecule has 0 aromatic rings. The number of hydrazone groups is 1. The third kappa shape index (κ3) is 8.20. The molecule has 2 nitrogen and oxygen atoms in total. The minimum Gasteiger partial charge on any atom is -0.271 e. The van der Waals surface area contributed by atoms with Gasteiger partial charge in [-0.15, -0.1) is 0 Å². The Bertz CT molecular complexity index is 669. The first-order chi connectivity index (χ1) is 13.9. The predicted octanol–water partition coefficient (Wildman–Crippen LogP) is 8.36. The Hall–Kier alpha value is -1.83. The van der Waals surface area contributed by atoms with Gasteiger partial charge in [0.2, 0.25) is 0 Å². The van der Waals surface area contributed by atoms with Crippen molar-refractivity contribution in [1.82, 2.24) is 5.01 Å². The normalized spacial score (nSPS) is 16.1. The molecule has 0 aromatic carbocycles. The van der Waals surface area contributed by atoms with Crippen LogP contribution in [0, 0.1) is 5.41 Å². The van der Waals surface area contributed by atoms with Gasteiger partial charge in [-0.3, -0.25) is 5.01 Å². The van der Waals surface area contributed by atoms with Crippen molar-refractivity contribution < 1.29 is 0 Å². The van der Waals surface area contributed by atoms with E-state index in [0.29, 0.717) is 0 Å². The average Bonchev–Trinajstić information content (AvgIpc) is 2.91. The Morgan fingerprint density at radius 1 is 1.17 bits per heavy atom. The van der Waals surface area contributed by atoms with Crippen molar-refractivity contribution >= 4 is 6.21 Å². The molecule has 0 N–H and O–H groups in total. The van der Waals surface area contributed by atoms with E-state index in [1.807, 2.05) is 6.21 Å². The number of hydrogen-bond acceptors (Lipinski definition) is 2. The molecule has 0 bridgehead atoms. The van der Waals surface area contributed by atoms with Crippen LogP contribution in [-0.4, -0.2) is 17.8 Å². The van der Waals surface area contributed by atoms with Crippen molar-refractivity contribution in [3.8, 4) is 0 Å². The molecule has 1 aliphatic carbocycles. The van der Waals surface area contributed by atoms with E-state index in [4.69, 9.17) is 0 Å². The van der Waals surface area contributed by atoms with Crippen molar-refractivity contribution in [2.45, 2.75) is 93.4 Å². The lowest BCUT2D eigenvalue weighted by Crippen LogP contribution is -2.15. The van der Waals surface area contributed by atoms with E-state index in [0.717, 1.165) is 32.2 Å². The quantitative estimate of drug-likeness (QED) is 0.184. The second-order valence-electron chi connectivity index (χ2n) is 8.41. The molecule has 0 unspecified atom stereocenters. The van der Waals surface area contributed by atoms with E-state index in [1.165, 1.54) is 30.5 Å². The van der Waals surface area contributed by atoms with Gasteiger partial charge in [0.1, 0.15) is 0 Å². The third-order valence-corrected chi connectivity index (χ3v) is 5.54. The van der Waals surface area contributed by atoms with Crippen molar-refractivity contribution in [3.05, 3.63) is 58.9 Å². The van der Waals surface area contributed by atoms with Crippen molar-refractivity contribution in [2.24, 2.45) is 10.5 Å². The van der Waals surface area contributed by atoms with E-state index in [1.54, 1.807) is 11.1 Å². The van der Waals surface area contributed by atoms with E-state index < -0.39 is 0 Å². The fraction of sp³-hybridized carbons (Fsp3) is 0.593. The third-order valence-electron chi connectivity index (χ3n) is 5.54. The molecule has 2 heteroatoms. The Kier molecular flexibility index (Phi) is 11.7. The highest BCUT2D eigenvalue weighted by Crippen LogP contribution is 2.38. The van der Waals surface area contributed by atoms with Crippen LogP contribution in [-0.2, 0) is 0 Å². The summed E-state index contributed by atoms with van der Waals surface area (Å²) in [4.78, 5) is 0. The highest BCUT2D eigenvalue weighted by molar-refractivity contribution is 5.56. The summed E-state index contributed by atoms with van der Waals surface area (Å²) in [7, 11) is 0. The van der Waals surface area contributed by atoms with Crippen LogP contribution in [0.1, 0.15) is 93.4 Å². The summed E-state index contributed by atoms with van der Waals surface area (Å²) in [5, 5.41) is 6.66. The van der Waals surface area contributed by atoms with E-state index in [9.17, 15) is 0 Å². The summed E-state index contributed by atoms with van der Waals surface area (Å²) in [5.41, 5.74) is 5.75. The molecule has 1 aliphatic rings. The van der Waals surface area contributed by atoms with E-state index in [2.05, 4.69) is 95.0 Å². The van der Waals surface area contributed by atoms with Gasteiger partial charge in [0, 0.05) is 23.9 Å². The molecule has 0 radical (unpaired) electrons. The second-order valence-corrected chi connectivity index (χ2v) is 8.41. The molecule has 0 saturated heterocycles. The monoisotopic (exact) mass is 396 g/mol. The zero-order valence-corrected chi connectivity index (χ0v) is 20.1. The van der Waals surface area contributed by atoms with Gasteiger partial charge in [0.05, 0.1) is 0 Å². The zero-order valence-electron chi connectivity index (χ0n) is 20.1. The summed E-state index contributed by atoms with van der Waals surface area (Å²) >= 11 is 0. The first kappa shape index (κ1) is 25.2. The van der Waals surface area contributed by atoms with E-state index in [-0.39, 0.29) is 5.41 Å². The van der Waals surface area contributed by atoms with Gasteiger partial charge in [-0.2, -0.15) is 5.10 Å². The Morgan fingerprint density at radius 2 is 1.93 bits per heavy atom. The molecule has 0 spiro atoms. The van der Waals surface area contributed by atoms with Crippen molar-refractivity contribution in [2.75, 3.05) is 6.54 Å². The van der Waals surface area contributed by atoms with Crippen LogP contribution in [0.4, 0.5) is 0 Å². The molecule has 29 heavy (non-hydrogen) atoms. The van der Waals surface area contributed by atoms with Crippen LogP contribution in [0.3, 0.4) is 0 Å². The maximum atomic E-state index is 4.59. The molecule has 0 atom stereocenters. The first-order valence-corrected chi connectivity index (χ1v) is 11.7. The fourth-order valence-electron chi connectivity index (χ4n) is 3.75. The average molecular weight is 397 g/mol. The van der Waals surface area contributed by atoms with Crippen molar-refractivity contribution in [1.29, 1.82) is 0 Å². The SMILES string of the molecule is CCC/C=N\N(CC)/C(C)=C/C=C\C(C)(C)C1=C(CC)C(CCCC)=CCC=C1. The van der Waals surface area contributed by atoms with Crippen LogP contribution in [0.2, 0.25) is 0 Å². The predicted molar refractivity (Wildman–Crippen MR) is 131 cm³/mol. The first-order valence-electron chi connectivity index (χ1n) is 11.7. The lowest BCUT2D eigenvalue weighted by molar-refractivity contribution is 0.386. The Balaban J connectivity index is 3.08. The standard InChI is InChI=1S/C27H44N2/c1-8-12-18-24-19-14-15-20-26(25(24)10-3)27(6,7)21-16-17-23(5)29(11-4)28-22-13-9-2/h15-17,19-22H,8-14,18H2,1-7H3/b21-16-,23-17+,28-22-. The van der Waals surface area contributed by atoms with Crippen LogP contribution < -0.4 is 0 Å². The van der Waals surface area contributed by atoms with Crippen molar-refractivity contribution in [3.63, 3.8) is 0 Å². The molecule has 1 rings (SSSR count). The van der Waals surface area contributed by atoms with Crippen LogP contribution in [0.5, 0.6) is 0 Å². The summed E-state index contributed by atoms with van der Waals surface area (Å²) in [6.45, 7) is 16.6. The number of rotatable bonds is 12. The van der Waals surface area contributed by atoms with Gasteiger partial charge in [0.15, 0.2) is 0 Å². The van der Waals surface area contributed by atoms with Gasteiger partial charge < -0.3 is 0 Å². The largest absolute Gasteiger partial charge is 0.271 e. The maximum absolute atomic E-state index is 4.59. The summed E-state index contributed by atoms with van der Waals surface area (Å²) < 4.78 is 0. The molecule has 0 aromatic heterocycles. The van der Waals surface area contributed by atoms with Crippen LogP contribution in [0.25, 0.3) is 0 Å². The van der Waals surface area contributed by atoms with E-state index >= 15 is 0 Å². The number of nitrogens with zero attached hydrogens (tertiary/aromatic N) is 2. The van der Waals surface area contributed by atoms with Gasteiger partial charge in [-0.05, 0) is 68.7 Å². The number of unbranched alkanes of at least 4 members (excludes halogenated alkanes) is 2. The lowest BCUT2D eigenvalue weighted by atomic mass is 9.78. The lowest BCUT2D eigenvalue weighted by Gasteiger charge is -2.27. The second kappa shape index (κ2) is 13.4. The van der Waals surface area contributed by atoms with Gasteiger partial charge in [-0.1, -0.05) is 77.8 Å². The van der Waals surface area contributed by atoms with Gasteiger partial charge in [-0.25, -0.2) is 0 Å². The maximum Gasteiger partial charge on any atom is 0.0383 e. The van der Waals surface area contributed by atoms with Crippen LogP contribution in [0.15, 0.2) is 64.0 Å². The molecule has 0 aliphatic heterocycles. The van der Waals surface area contributed by atoms with Gasteiger partial charge >= 0.3 is 0 Å². The Morgan fingerprint density at radius 3 is 2.55 bits per heavy atom. The molecule has 0 fully saturated rings. The van der Waals surface area contributed by atoms with Gasteiger partial charge in [0.25, 0.3) is 0 Å². The minimum absolute atomic E-state index is 0.00318. The Labute approximate surface area is 180 Å². The molecular formula is C27H44N2. The molecular weight excluding hydrogens is 352 g/mol. The molecule has 0 saturated carbocycles. The summed E-state index contributed by atoms with van der Waals surface area (Å²) in [6, 6.07) is 0. The fourth-order valence-corrected chi connectivity index (χ4v) is 3.75. The molecule has 162 valence electrons. The topological polar surface area (TPSA) is 15.6 Å². The zero-order chi connectivity index (χ0) is 21.7. The van der Waals surface area contributed by atoms with Crippen LogP contribution >= 0.6 is 0 Å². The summed E-state index contributed by atoms with van der Waals surface area (Å²) in [6.07, 6.45) is 23.9. The molecule has 0 amide bonds. The number of hydrogen-bond donors (Lipinski definition) is 0. The minimum atomic E-state index is -0.00318.